The van der Waals surface area contributed by atoms with E-state index in [-0.39, 0.29) is 17.8 Å². The molecule has 1 amide bonds. The van der Waals surface area contributed by atoms with Crippen molar-refractivity contribution in [2.24, 2.45) is 0 Å². The normalized spacial score (nSPS) is 17.9. The molecule has 4 rings (SSSR count). The number of alkyl halides is 3. The second-order valence-corrected chi connectivity index (χ2v) is 8.12. The molecule has 0 aliphatic carbocycles. The topological polar surface area (TPSA) is 68.2 Å². The van der Waals surface area contributed by atoms with Gasteiger partial charge in [0.05, 0.1) is 25.0 Å². The fraction of sp³-hybridized carbons (Fsp3) is 0.273. The monoisotopic (exact) mass is 462 g/mol. The molecule has 168 valence electrons. The zero-order valence-electron chi connectivity index (χ0n) is 17.3. The van der Waals surface area contributed by atoms with E-state index in [0.29, 0.717) is 17.0 Å². The van der Waals surface area contributed by atoms with Gasteiger partial charge in [-0.3, -0.25) is 4.79 Å². The maximum atomic E-state index is 13.9. The van der Waals surface area contributed by atoms with Crippen LogP contribution >= 0.6 is 11.8 Å². The van der Waals surface area contributed by atoms with Crippen molar-refractivity contribution in [2.45, 2.75) is 29.6 Å². The molecule has 1 aromatic heterocycles. The smallest absolute Gasteiger partial charge is 0.410 e. The Morgan fingerprint density at radius 3 is 2.75 bits per heavy atom. The largest absolute Gasteiger partial charge is 0.497 e. The minimum atomic E-state index is -4.53. The lowest BCUT2D eigenvalue weighted by Gasteiger charge is -2.34. The molecular formula is C22H21F3N4O2S. The highest BCUT2D eigenvalue weighted by Crippen LogP contribution is 2.44. The Bertz CT molecular complexity index is 1130. The first-order valence-electron chi connectivity index (χ1n) is 9.81. The highest BCUT2D eigenvalue weighted by molar-refractivity contribution is 7.98. The van der Waals surface area contributed by atoms with E-state index >= 15 is 0 Å². The molecule has 0 spiro atoms. The summed E-state index contributed by atoms with van der Waals surface area (Å²) in [5, 5.41) is 9.79. The van der Waals surface area contributed by atoms with Crippen LogP contribution in [0.3, 0.4) is 0 Å². The van der Waals surface area contributed by atoms with Gasteiger partial charge in [0.1, 0.15) is 17.1 Å². The third kappa shape index (κ3) is 4.27. The number of halogens is 3. The Balaban J connectivity index is 1.70. The number of anilines is 2. The Morgan fingerprint density at radius 1 is 1.25 bits per heavy atom. The fourth-order valence-electron chi connectivity index (χ4n) is 3.74. The summed E-state index contributed by atoms with van der Waals surface area (Å²) < 4.78 is 47.7. The van der Waals surface area contributed by atoms with Crippen molar-refractivity contribution in [3.05, 3.63) is 65.9 Å². The van der Waals surface area contributed by atoms with Crippen LogP contribution in [0.1, 0.15) is 34.4 Å². The zero-order valence-corrected chi connectivity index (χ0v) is 18.1. The molecule has 0 fully saturated rings. The quantitative estimate of drug-likeness (QED) is 0.489. The number of carbonyl (C=O) groups excluding carboxylic acids is 1. The number of para-hydroxylation sites is 1. The van der Waals surface area contributed by atoms with Gasteiger partial charge in [-0.05, 0) is 36.1 Å². The molecule has 0 bridgehead atoms. The lowest BCUT2D eigenvalue weighted by molar-refractivity contribution is -0.173. The summed E-state index contributed by atoms with van der Waals surface area (Å²) in [4.78, 5) is 13.8. The van der Waals surface area contributed by atoms with Crippen molar-refractivity contribution in [3.63, 3.8) is 0 Å². The number of carbonyl (C=O) groups is 1. The van der Waals surface area contributed by atoms with Crippen LogP contribution in [0.2, 0.25) is 0 Å². The number of aromatic nitrogens is 2. The number of hydrogen-bond donors (Lipinski definition) is 2. The predicted octanol–water partition coefficient (Wildman–Crippen LogP) is 5.53. The summed E-state index contributed by atoms with van der Waals surface area (Å²) in [6.45, 7) is 0. The number of rotatable bonds is 5. The van der Waals surface area contributed by atoms with E-state index in [1.807, 2.05) is 18.4 Å². The first kappa shape index (κ1) is 22.1. The number of ether oxygens (including phenoxy) is 1. The van der Waals surface area contributed by atoms with Gasteiger partial charge in [-0.15, -0.1) is 11.8 Å². The van der Waals surface area contributed by atoms with Crippen LogP contribution in [0.4, 0.5) is 24.7 Å². The van der Waals surface area contributed by atoms with Gasteiger partial charge < -0.3 is 15.4 Å². The third-order valence-corrected chi connectivity index (χ3v) is 6.13. The number of methoxy groups -OCH3 is 1. The summed E-state index contributed by atoms with van der Waals surface area (Å²) in [6.07, 6.45) is -1.74. The first-order chi connectivity index (χ1) is 15.3. The predicted molar refractivity (Wildman–Crippen MR) is 117 cm³/mol. The molecule has 10 heteroatoms. The SMILES string of the molecule is COc1cccc(C2CC(C(F)(F)F)n3ncc(C(=O)Nc4ccccc4SC)c3N2)c1. The lowest BCUT2D eigenvalue weighted by Crippen LogP contribution is -2.36. The third-order valence-electron chi connectivity index (χ3n) is 5.33. The van der Waals surface area contributed by atoms with Gasteiger partial charge in [-0.25, -0.2) is 4.68 Å². The van der Waals surface area contributed by atoms with Gasteiger partial charge in [-0.2, -0.15) is 18.3 Å². The summed E-state index contributed by atoms with van der Waals surface area (Å²) in [5.41, 5.74) is 1.25. The lowest BCUT2D eigenvalue weighted by atomic mass is 9.96. The first-order valence-corrected chi connectivity index (χ1v) is 11.0. The second kappa shape index (κ2) is 8.78. The van der Waals surface area contributed by atoms with E-state index in [1.54, 1.807) is 36.4 Å². The molecule has 2 atom stereocenters. The van der Waals surface area contributed by atoms with Crippen molar-refractivity contribution >= 4 is 29.2 Å². The molecule has 1 aliphatic heterocycles. The highest BCUT2D eigenvalue weighted by Gasteiger charge is 2.47. The molecule has 2 heterocycles. The number of nitrogens with one attached hydrogen (secondary N) is 2. The number of hydrogen-bond acceptors (Lipinski definition) is 5. The molecule has 2 aromatic carbocycles. The van der Waals surface area contributed by atoms with Crippen LogP contribution in [-0.4, -0.2) is 35.2 Å². The zero-order chi connectivity index (χ0) is 22.9. The van der Waals surface area contributed by atoms with Crippen LogP contribution in [-0.2, 0) is 0 Å². The number of thioether (sulfide) groups is 1. The summed E-state index contributed by atoms with van der Waals surface area (Å²) in [6, 6.07) is 11.5. The van der Waals surface area contributed by atoms with Gasteiger partial charge in [-0.1, -0.05) is 24.3 Å². The van der Waals surface area contributed by atoms with E-state index in [9.17, 15) is 18.0 Å². The maximum Gasteiger partial charge on any atom is 0.410 e. The van der Waals surface area contributed by atoms with Crippen molar-refractivity contribution in [3.8, 4) is 5.75 Å². The van der Waals surface area contributed by atoms with E-state index in [2.05, 4.69) is 15.7 Å². The van der Waals surface area contributed by atoms with E-state index < -0.39 is 24.2 Å². The molecule has 3 aromatic rings. The Hall–Kier alpha value is -3.14. The minimum absolute atomic E-state index is 0.0329. The highest BCUT2D eigenvalue weighted by atomic mass is 32.2. The van der Waals surface area contributed by atoms with Crippen LogP contribution in [0.5, 0.6) is 5.75 Å². The Kier molecular flexibility index (Phi) is 6.05. The Labute approximate surface area is 187 Å². The van der Waals surface area contributed by atoms with Gasteiger partial charge in [0.15, 0.2) is 6.04 Å². The minimum Gasteiger partial charge on any atom is -0.497 e. The molecule has 2 unspecified atom stereocenters. The molecule has 1 aliphatic rings. The van der Waals surface area contributed by atoms with Crippen LogP contribution in [0, 0.1) is 0 Å². The van der Waals surface area contributed by atoms with Gasteiger partial charge in [0, 0.05) is 11.3 Å². The molecular weight excluding hydrogens is 441 g/mol. The summed E-state index contributed by atoms with van der Waals surface area (Å²) in [5.74, 6) is 0.0385. The molecule has 2 N–H and O–H groups in total. The second-order valence-electron chi connectivity index (χ2n) is 7.27. The van der Waals surface area contributed by atoms with Gasteiger partial charge in [0.2, 0.25) is 0 Å². The van der Waals surface area contributed by atoms with E-state index in [4.69, 9.17) is 4.74 Å². The summed E-state index contributed by atoms with van der Waals surface area (Å²) in [7, 11) is 1.50. The van der Waals surface area contributed by atoms with Crippen LogP contribution in [0.25, 0.3) is 0 Å². The van der Waals surface area contributed by atoms with Crippen molar-refractivity contribution in [1.29, 1.82) is 0 Å². The average molecular weight is 462 g/mol. The molecule has 0 radical (unpaired) electrons. The molecule has 32 heavy (non-hydrogen) atoms. The van der Waals surface area contributed by atoms with E-state index in [0.717, 1.165) is 9.58 Å². The maximum absolute atomic E-state index is 13.9. The van der Waals surface area contributed by atoms with Gasteiger partial charge in [0.25, 0.3) is 5.91 Å². The number of nitrogens with zero attached hydrogens (tertiary/aromatic N) is 2. The van der Waals surface area contributed by atoms with Gasteiger partial charge >= 0.3 is 6.18 Å². The average Bonchev–Trinajstić information content (AvgIpc) is 3.22. The molecule has 6 nitrogen and oxygen atoms in total. The Morgan fingerprint density at radius 2 is 2.03 bits per heavy atom. The summed E-state index contributed by atoms with van der Waals surface area (Å²) >= 11 is 1.46. The van der Waals surface area contributed by atoms with Crippen LogP contribution < -0.4 is 15.4 Å². The number of fused-ring (bicyclic) bond motifs is 1. The number of benzene rings is 2. The van der Waals surface area contributed by atoms with Crippen molar-refractivity contribution < 1.29 is 22.7 Å². The number of amides is 1. The standard InChI is InChI=1S/C22H21F3N4O2S/c1-31-14-7-5-6-13(10-14)17-11-19(22(23,24)25)29-20(27-17)15(12-26-29)21(30)28-16-8-3-4-9-18(16)32-2/h3-10,12,17,19,27H,11H2,1-2H3,(H,28,30). The molecule has 0 saturated carbocycles. The van der Waals surface area contributed by atoms with Crippen molar-refractivity contribution in [1.82, 2.24) is 9.78 Å². The fourth-order valence-corrected chi connectivity index (χ4v) is 4.30. The van der Waals surface area contributed by atoms with Crippen LogP contribution in [0.15, 0.2) is 59.6 Å². The van der Waals surface area contributed by atoms with Crippen molar-refractivity contribution in [2.75, 3.05) is 24.0 Å². The van der Waals surface area contributed by atoms with E-state index in [1.165, 1.54) is 25.1 Å². The molecule has 0 saturated heterocycles.